The molecule has 0 aromatic heterocycles. The topological polar surface area (TPSA) is 72.6 Å². The Morgan fingerprint density at radius 3 is 2.65 bits per heavy atom. The summed E-state index contributed by atoms with van der Waals surface area (Å²) in [4.78, 5) is 0. The molecule has 0 amide bonds. The normalized spacial score (nSPS) is 26.7. The van der Waals surface area contributed by atoms with E-state index < -0.39 is 15.3 Å². The zero-order valence-corrected chi connectivity index (χ0v) is 11.7. The van der Waals surface area contributed by atoms with E-state index in [1.807, 2.05) is 6.92 Å². The van der Waals surface area contributed by atoms with Crippen LogP contribution in [0.15, 0.2) is 0 Å². The van der Waals surface area contributed by atoms with Crippen molar-refractivity contribution in [2.24, 2.45) is 11.7 Å². The fourth-order valence-corrected chi connectivity index (χ4v) is 3.81. The van der Waals surface area contributed by atoms with Gasteiger partial charge in [0.25, 0.3) is 0 Å². The second-order valence-electron chi connectivity index (χ2n) is 4.93. The van der Waals surface area contributed by atoms with Crippen LogP contribution in [-0.2, 0) is 14.8 Å². The molecule has 0 saturated carbocycles. The van der Waals surface area contributed by atoms with Gasteiger partial charge < -0.3 is 10.5 Å². The zero-order chi connectivity index (χ0) is 13.1. The summed E-state index contributed by atoms with van der Waals surface area (Å²) in [6.45, 7) is 5.03. The molecular weight excluding hydrogens is 240 g/mol. The van der Waals surface area contributed by atoms with E-state index in [0.29, 0.717) is 13.1 Å². The predicted octanol–water partition coefficient (Wildman–Crippen LogP) is 0.410. The lowest BCUT2D eigenvalue weighted by Gasteiger charge is -2.35. The number of ether oxygens (including phenoxy) is 1. The highest BCUT2D eigenvalue weighted by molar-refractivity contribution is 7.89. The van der Waals surface area contributed by atoms with E-state index in [4.69, 9.17) is 10.5 Å². The SMILES string of the molecule is COCC(C)S(=O)(=O)N1CCCC(C(C)N)C1. The van der Waals surface area contributed by atoms with Crippen molar-refractivity contribution in [1.82, 2.24) is 4.31 Å². The molecule has 1 fully saturated rings. The van der Waals surface area contributed by atoms with E-state index in [9.17, 15) is 8.42 Å². The molecule has 1 aliphatic rings. The highest BCUT2D eigenvalue weighted by atomic mass is 32.2. The van der Waals surface area contributed by atoms with Gasteiger partial charge in [0.2, 0.25) is 10.0 Å². The van der Waals surface area contributed by atoms with Crippen molar-refractivity contribution in [3.63, 3.8) is 0 Å². The average Bonchev–Trinajstić information content (AvgIpc) is 2.29. The van der Waals surface area contributed by atoms with Gasteiger partial charge in [0.1, 0.15) is 0 Å². The summed E-state index contributed by atoms with van der Waals surface area (Å²) in [7, 11) is -1.72. The maximum absolute atomic E-state index is 12.2. The third-order valence-corrected chi connectivity index (χ3v) is 5.64. The van der Waals surface area contributed by atoms with Gasteiger partial charge in [-0.1, -0.05) is 0 Å². The lowest BCUT2D eigenvalue weighted by Crippen LogP contribution is -2.48. The fourth-order valence-electron chi connectivity index (χ4n) is 2.21. The fraction of sp³-hybridized carbons (Fsp3) is 1.00. The van der Waals surface area contributed by atoms with Gasteiger partial charge in [0.05, 0.1) is 11.9 Å². The molecule has 102 valence electrons. The van der Waals surface area contributed by atoms with Crippen LogP contribution < -0.4 is 5.73 Å². The van der Waals surface area contributed by atoms with Crippen LogP contribution in [-0.4, -0.2) is 50.8 Å². The van der Waals surface area contributed by atoms with E-state index in [1.165, 1.54) is 7.11 Å². The van der Waals surface area contributed by atoms with E-state index >= 15 is 0 Å². The molecule has 1 heterocycles. The molecule has 0 aliphatic carbocycles. The van der Waals surface area contributed by atoms with Crippen molar-refractivity contribution in [1.29, 1.82) is 0 Å². The zero-order valence-electron chi connectivity index (χ0n) is 10.9. The summed E-state index contributed by atoms with van der Waals surface area (Å²) >= 11 is 0. The molecule has 1 aliphatic heterocycles. The van der Waals surface area contributed by atoms with Crippen LogP contribution in [0, 0.1) is 5.92 Å². The Kier molecular flexibility index (Phi) is 5.37. The van der Waals surface area contributed by atoms with Crippen LogP contribution in [0.25, 0.3) is 0 Å². The van der Waals surface area contributed by atoms with Crippen LogP contribution >= 0.6 is 0 Å². The lowest BCUT2D eigenvalue weighted by atomic mass is 9.93. The van der Waals surface area contributed by atoms with E-state index in [2.05, 4.69) is 0 Å². The van der Waals surface area contributed by atoms with Gasteiger partial charge in [-0.3, -0.25) is 0 Å². The largest absolute Gasteiger partial charge is 0.383 e. The van der Waals surface area contributed by atoms with Crippen molar-refractivity contribution in [3.05, 3.63) is 0 Å². The van der Waals surface area contributed by atoms with Crippen LogP contribution in [0.1, 0.15) is 26.7 Å². The highest BCUT2D eigenvalue weighted by Crippen LogP contribution is 2.23. The Bertz CT molecular complexity index is 330. The molecule has 1 saturated heterocycles. The Morgan fingerprint density at radius 2 is 2.12 bits per heavy atom. The number of piperidine rings is 1. The molecular formula is C11H24N2O3S. The number of rotatable bonds is 5. The first-order valence-electron chi connectivity index (χ1n) is 6.13. The third-order valence-electron chi connectivity index (χ3n) is 3.43. The van der Waals surface area contributed by atoms with Crippen molar-refractivity contribution in [2.45, 2.75) is 38.0 Å². The first kappa shape index (κ1) is 14.9. The molecule has 1 rings (SSSR count). The van der Waals surface area contributed by atoms with Crippen LogP contribution in [0.5, 0.6) is 0 Å². The standard InChI is InChI=1S/C11H24N2O3S/c1-9(8-16-3)17(14,15)13-6-4-5-11(7-13)10(2)12/h9-11H,4-8,12H2,1-3H3. The number of sulfonamides is 1. The summed E-state index contributed by atoms with van der Waals surface area (Å²) in [6.07, 6.45) is 1.91. The summed E-state index contributed by atoms with van der Waals surface area (Å²) in [5, 5.41) is -0.487. The quantitative estimate of drug-likeness (QED) is 0.780. The number of hydrogen-bond acceptors (Lipinski definition) is 4. The van der Waals surface area contributed by atoms with Gasteiger partial charge in [-0.25, -0.2) is 12.7 Å². The minimum Gasteiger partial charge on any atom is -0.383 e. The summed E-state index contributed by atoms with van der Waals surface area (Å²) in [6, 6.07) is 0.0470. The summed E-state index contributed by atoms with van der Waals surface area (Å²) < 4.78 is 31.0. The minimum atomic E-state index is -3.24. The Labute approximate surface area is 104 Å². The second-order valence-corrected chi connectivity index (χ2v) is 7.28. The number of nitrogens with two attached hydrogens (primary N) is 1. The molecule has 6 heteroatoms. The van der Waals surface area contributed by atoms with Crippen LogP contribution in [0.4, 0.5) is 0 Å². The monoisotopic (exact) mass is 264 g/mol. The van der Waals surface area contributed by atoms with E-state index in [0.717, 1.165) is 12.8 Å². The summed E-state index contributed by atoms with van der Waals surface area (Å²) in [5.41, 5.74) is 5.86. The second kappa shape index (κ2) is 6.13. The number of methoxy groups -OCH3 is 1. The van der Waals surface area contributed by atoms with Crippen molar-refractivity contribution in [2.75, 3.05) is 26.8 Å². The first-order valence-corrected chi connectivity index (χ1v) is 7.63. The molecule has 0 spiro atoms. The van der Waals surface area contributed by atoms with Gasteiger partial charge in [-0.05, 0) is 32.6 Å². The van der Waals surface area contributed by atoms with Crippen LogP contribution in [0.2, 0.25) is 0 Å². The van der Waals surface area contributed by atoms with Gasteiger partial charge in [-0.15, -0.1) is 0 Å². The first-order chi connectivity index (χ1) is 7.89. The number of nitrogens with zero attached hydrogens (tertiary/aromatic N) is 1. The molecule has 5 nitrogen and oxygen atoms in total. The van der Waals surface area contributed by atoms with Gasteiger partial charge in [0, 0.05) is 26.2 Å². The van der Waals surface area contributed by atoms with Gasteiger partial charge >= 0.3 is 0 Å². The molecule has 3 atom stereocenters. The van der Waals surface area contributed by atoms with E-state index in [-0.39, 0.29) is 18.6 Å². The maximum atomic E-state index is 12.2. The third kappa shape index (κ3) is 3.64. The van der Waals surface area contributed by atoms with Gasteiger partial charge in [0.15, 0.2) is 0 Å². The molecule has 3 unspecified atom stereocenters. The van der Waals surface area contributed by atoms with Crippen molar-refractivity contribution >= 4 is 10.0 Å². The van der Waals surface area contributed by atoms with Crippen molar-refractivity contribution < 1.29 is 13.2 Å². The number of hydrogen-bond donors (Lipinski definition) is 1. The molecule has 0 aromatic rings. The lowest BCUT2D eigenvalue weighted by molar-refractivity contribution is 0.193. The average molecular weight is 264 g/mol. The Hall–Kier alpha value is -0.170. The molecule has 0 radical (unpaired) electrons. The van der Waals surface area contributed by atoms with E-state index in [1.54, 1.807) is 11.2 Å². The minimum absolute atomic E-state index is 0.0470. The van der Waals surface area contributed by atoms with Crippen LogP contribution in [0.3, 0.4) is 0 Å². The van der Waals surface area contributed by atoms with Gasteiger partial charge in [-0.2, -0.15) is 0 Å². The highest BCUT2D eigenvalue weighted by Gasteiger charge is 2.33. The van der Waals surface area contributed by atoms with Crippen molar-refractivity contribution in [3.8, 4) is 0 Å². The Balaban J connectivity index is 2.71. The molecule has 0 aromatic carbocycles. The smallest absolute Gasteiger partial charge is 0.218 e. The Morgan fingerprint density at radius 1 is 1.47 bits per heavy atom. The summed E-state index contributed by atoms with van der Waals surface area (Å²) in [5.74, 6) is 0.272. The molecule has 0 bridgehead atoms. The predicted molar refractivity (Wildman–Crippen MR) is 68.2 cm³/mol. The maximum Gasteiger partial charge on any atom is 0.218 e. The molecule has 17 heavy (non-hydrogen) atoms. The molecule has 2 N–H and O–H groups in total.